The molecule has 0 amide bonds. The molecule has 1 aromatic heterocycles. The number of pyridine rings is 1. The summed E-state index contributed by atoms with van der Waals surface area (Å²) in [5, 5.41) is 0. The van der Waals surface area contributed by atoms with Gasteiger partial charge in [-0.15, -0.1) is 0 Å². The fraction of sp³-hybridized carbons (Fsp3) is 0.353. The number of ether oxygens (including phenoxy) is 2. The number of hydrogen-bond donors (Lipinski definition) is 1. The van der Waals surface area contributed by atoms with E-state index in [1.807, 2.05) is 25.1 Å². The summed E-state index contributed by atoms with van der Waals surface area (Å²) in [6.07, 6.45) is 2.61. The Morgan fingerprint density at radius 3 is 2.90 bits per heavy atom. The van der Waals surface area contributed by atoms with E-state index in [1.165, 1.54) is 5.56 Å². The molecule has 0 unspecified atom stereocenters. The third kappa shape index (κ3) is 2.59. The number of nitrogens with zero attached hydrogens (tertiary/aromatic N) is 1. The zero-order valence-corrected chi connectivity index (χ0v) is 12.6. The van der Waals surface area contributed by atoms with Gasteiger partial charge in [-0.3, -0.25) is 0 Å². The SMILES string of the molecule is Cc1ccnc(Oc2cccc3c2OC(C)(C)C3)c1CN. The van der Waals surface area contributed by atoms with Crippen molar-refractivity contribution in [3.05, 3.63) is 47.2 Å². The summed E-state index contributed by atoms with van der Waals surface area (Å²) in [7, 11) is 0. The number of fused-ring (bicyclic) bond motifs is 1. The maximum Gasteiger partial charge on any atom is 0.224 e. The van der Waals surface area contributed by atoms with E-state index < -0.39 is 0 Å². The van der Waals surface area contributed by atoms with Crippen LogP contribution in [0.15, 0.2) is 30.5 Å². The molecular weight excluding hydrogens is 264 g/mol. The van der Waals surface area contributed by atoms with E-state index in [9.17, 15) is 0 Å². The lowest BCUT2D eigenvalue weighted by molar-refractivity contribution is 0.135. The zero-order valence-electron chi connectivity index (χ0n) is 12.6. The maximum absolute atomic E-state index is 6.02. The fourth-order valence-corrected chi connectivity index (χ4v) is 2.67. The highest BCUT2D eigenvalue weighted by Crippen LogP contribution is 2.43. The molecule has 3 rings (SSSR count). The topological polar surface area (TPSA) is 57.4 Å². The first-order valence-corrected chi connectivity index (χ1v) is 7.13. The van der Waals surface area contributed by atoms with Gasteiger partial charge in [0.05, 0.1) is 0 Å². The van der Waals surface area contributed by atoms with Gasteiger partial charge in [0.25, 0.3) is 0 Å². The van der Waals surface area contributed by atoms with Crippen molar-refractivity contribution in [2.75, 3.05) is 0 Å². The van der Waals surface area contributed by atoms with Crippen LogP contribution in [0.25, 0.3) is 0 Å². The van der Waals surface area contributed by atoms with Gasteiger partial charge in [0.2, 0.25) is 5.88 Å². The second-order valence-electron chi connectivity index (χ2n) is 6.00. The molecule has 0 fully saturated rings. The molecule has 0 saturated carbocycles. The van der Waals surface area contributed by atoms with Gasteiger partial charge in [-0.05, 0) is 38.5 Å². The second kappa shape index (κ2) is 5.04. The predicted octanol–water partition coefficient (Wildman–Crippen LogP) is 3.35. The number of para-hydroxylation sites is 1. The Morgan fingerprint density at radius 1 is 1.33 bits per heavy atom. The zero-order chi connectivity index (χ0) is 15.0. The van der Waals surface area contributed by atoms with E-state index >= 15 is 0 Å². The molecule has 0 atom stereocenters. The third-order valence-electron chi connectivity index (χ3n) is 3.72. The van der Waals surface area contributed by atoms with Crippen LogP contribution in [0.5, 0.6) is 17.4 Å². The molecule has 4 heteroatoms. The van der Waals surface area contributed by atoms with Crippen molar-refractivity contribution in [2.24, 2.45) is 5.73 Å². The van der Waals surface area contributed by atoms with Crippen LogP contribution in [0, 0.1) is 6.92 Å². The molecule has 0 spiro atoms. The lowest BCUT2D eigenvalue weighted by Gasteiger charge is -2.18. The van der Waals surface area contributed by atoms with Crippen molar-refractivity contribution < 1.29 is 9.47 Å². The van der Waals surface area contributed by atoms with Crippen molar-refractivity contribution in [2.45, 2.75) is 39.3 Å². The third-order valence-corrected chi connectivity index (χ3v) is 3.72. The summed E-state index contributed by atoms with van der Waals surface area (Å²) in [5.41, 5.74) is 8.78. The summed E-state index contributed by atoms with van der Waals surface area (Å²) in [5.74, 6) is 2.07. The molecule has 0 aliphatic carbocycles. The summed E-state index contributed by atoms with van der Waals surface area (Å²) in [6, 6.07) is 7.90. The largest absolute Gasteiger partial charge is 0.483 e. The first-order chi connectivity index (χ1) is 10.00. The number of aryl methyl sites for hydroxylation is 1. The molecule has 1 aromatic carbocycles. The Balaban J connectivity index is 1.98. The Morgan fingerprint density at radius 2 is 2.14 bits per heavy atom. The lowest BCUT2D eigenvalue weighted by Crippen LogP contribution is -2.24. The number of rotatable bonds is 3. The average Bonchev–Trinajstić information content (AvgIpc) is 2.74. The van der Waals surface area contributed by atoms with Crippen LogP contribution in [0.3, 0.4) is 0 Å². The van der Waals surface area contributed by atoms with Crippen molar-refractivity contribution in [3.63, 3.8) is 0 Å². The highest BCUT2D eigenvalue weighted by molar-refractivity contribution is 5.52. The van der Waals surface area contributed by atoms with Gasteiger partial charge in [-0.25, -0.2) is 4.98 Å². The van der Waals surface area contributed by atoms with Gasteiger partial charge in [-0.2, -0.15) is 0 Å². The maximum atomic E-state index is 6.02. The van der Waals surface area contributed by atoms with Crippen molar-refractivity contribution in [3.8, 4) is 17.4 Å². The minimum absolute atomic E-state index is 0.196. The quantitative estimate of drug-likeness (QED) is 0.939. The van der Waals surface area contributed by atoms with Gasteiger partial charge < -0.3 is 15.2 Å². The first kappa shape index (κ1) is 13.9. The highest BCUT2D eigenvalue weighted by atomic mass is 16.5. The smallest absolute Gasteiger partial charge is 0.224 e. The second-order valence-corrected chi connectivity index (χ2v) is 6.00. The van der Waals surface area contributed by atoms with Crippen LogP contribution in [-0.4, -0.2) is 10.6 Å². The first-order valence-electron chi connectivity index (χ1n) is 7.13. The van der Waals surface area contributed by atoms with Crippen LogP contribution >= 0.6 is 0 Å². The molecule has 1 aliphatic rings. The molecule has 0 bridgehead atoms. The summed E-state index contributed by atoms with van der Waals surface area (Å²) >= 11 is 0. The van der Waals surface area contributed by atoms with Crippen molar-refractivity contribution in [1.29, 1.82) is 0 Å². The fourth-order valence-electron chi connectivity index (χ4n) is 2.67. The van der Waals surface area contributed by atoms with Crippen LogP contribution < -0.4 is 15.2 Å². The highest BCUT2D eigenvalue weighted by Gasteiger charge is 2.32. The Labute approximate surface area is 124 Å². The van der Waals surface area contributed by atoms with Crippen LogP contribution in [0.1, 0.15) is 30.5 Å². The summed E-state index contributed by atoms with van der Waals surface area (Å²) in [6.45, 7) is 6.56. The molecule has 0 saturated heterocycles. The summed E-state index contributed by atoms with van der Waals surface area (Å²) < 4.78 is 12.0. The number of benzene rings is 1. The van der Waals surface area contributed by atoms with E-state index in [1.54, 1.807) is 6.20 Å². The summed E-state index contributed by atoms with van der Waals surface area (Å²) in [4.78, 5) is 4.31. The number of aromatic nitrogens is 1. The van der Waals surface area contributed by atoms with Crippen molar-refractivity contribution >= 4 is 0 Å². The van der Waals surface area contributed by atoms with Gasteiger partial charge in [0, 0.05) is 30.3 Å². The minimum atomic E-state index is -0.196. The van der Waals surface area contributed by atoms with Gasteiger partial charge >= 0.3 is 0 Å². The molecule has 110 valence electrons. The van der Waals surface area contributed by atoms with E-state index in [0.29, 0.717) is 18.2 Å². The molecule has 2 aromatic rings. The molecule has 2 heterocycles. The van der Waals surface area contributed by atoms with Gasteiger partial charge in [-0.1, -0.05) is 12.1 Å². The molecule has 1 aliphatic heterocycles. The van der Waals surface area contributed by atoms with E-state index in [4.69, 9.17) is 15.2 Å². The van der Waals surface area contributed by atoms with Gasteiger partial charge in [0.1, 0.15) is 5.60 Å². The average molecular weight is 284 g/mol. The Bertz CT molecular complexity index is 680. The van der Waals surface area contributed by atoms with E-state index in [0.717, 1.165) is 23.3 Å². The lowest BCUT2D eigenvalue weighted by atomic mass is 10.0. The van der Waals surface area contributed by atoms with E-state index in [2.05, 4.69) is 24.9 Å². The minimum Gasteiger partial charge on any atom is -0.483 e. The van der Waals surface area contributed by atoms with Crippen LogP contribution in [0.2, 0.25) is 0 Å². The molecular formula is C17H20N2O2. The van der Waals surface area contributed by atoms with Crippen LogP contribution in [-0.2, 0) is 13.0 Å². The number of hydrogen-bond acceptors (Lipinski definition) is 4. The normalized spacial score (nSPS) is 15.4. The predicted molar refractivity (Wildman–Crippen MR) is 81.8 cm³/mol. The molecule has 2 N–H and O–H groups in total. The molecule has 0 radical (unpaired) electrons. The van der Waals surface area contributed by atoms with Crippen molar-refractivity contribution in [1.82, 2.24) is 4.98 Å². The van der Waals surface area contributed by atoms with E-state index in [-0.39, 0.29) is 5.60 Å². The molecule has 21 heavy (non-hydrogen) atoms. The molecule has 4 nitrogen and oxygen atoms in total. The van der Waals surface area contributed by atoms with Crippen LogP contribution in [0.4, 0.5) is 0 Å². The standard InChI is InChI=1S/C17H20N2O2/c1-11-7-8-19-16(13(11)10-18)20-14-6-4-5-12-9-17(2,3)21-15(12)14/h4-8H,9-10,18H2,1-3H3. The Hall–Kier alpha value is -2.07. The number of nitrogens with two attached hydrogens (primary N) is 1. The van der Waals surface area contributed by atoms with Gasteiger partial charge in [0.15, 0.2) is 11.5 Å². The monoisotopic (exact) mass is 284 g/mol. The Kier molecular flexibility index (Phi) is 3.33.